The molecule has 2 aliphatic heterocycles. The van der Waals surface area contributed by atoms with Crippen molar-refractivity contribution in [2.24, 2.45) is 0 Å². The Hall–Kier alpha value is -1.63. The zero-order chi connectivity index (χ0) is 25.5. The molecule has 6 heteroatoms. The second-order valence-corrected chi connectivity index (χ2v) is 17.5. The van der Waals surface area contributed by atoms with E-state index < -0.39 is 19.5 Å². The zero-order valence-corrected chi connectivity index (χ0v) is 23.9. The van der Waals surface area contributed by atoms with Gasteiger partial charge in [-0.2, -0.15) is 0 Å². The molecule has 0 spiro atoms. The number of hydrogen-bond acceptors (Lipinski definition) is 4. The van der Waals surface area contributed by atoms with Gasteiger partial charge in [0, 0.05) is 13.1 Å². The lowest BCUT2D eigenvalue weighted by atomic mass is 9.91. The molecule has 2 fully saturated rings. The van der Waals surface area contributed by atoms with E-state index in [1.807, 2.05) is 31.7 Å². The third-order valence-electron chi connectivity index (χ3n) is 7.94. The van der Waals surface area contributed by atoms with Gasteiger partial charge in [0.05, 0.1) is 23.7 Å². The topological polar surface area (TPSA) is 42.0 Å². The van der Waals surface area contributed by atoms with E-state index in [1.165, 1.54) is 5.56 Å². The molecule has 2 heterocycles. The lowest BCUT2D eigenvalue weighted by Gasteiger charge is -2.54. The SMILES string of the molecule is C=C[C@@]12CC[C@@H]([C@@H]([C@H](C)O[Si](C)(C)C(C)(C)C)N(Cc3ccccc3)C1)N2C(=O)OC(C)(C)C. The molecule has 2 bridgehead atoms. The minimum absolute atomic E-state index is 0.0135. The van der Waals surface area contributed by atoms with Gasteiger partial charge in [0.25, 0.3) is 0 Å². The van der Waals surface area contributed by atoms with Crippen LogP contribution in [0.3, 0.4) is 0 Å². The van der Waals surface area contributed by atoms with Crippen molar-refractivity contribution in [3.05, 3.63) is 48.6 Å². The van der Waals surface area contributed by atoms with Crippen molar-refractivity contribution in [2.75, 3.05) is 6.54 Å². The number of piperazine rings is 1. The van der Waals surface area contributed by atoms with Gasteiger partial charge >= 0.3 is 6.09 Å². The maximum absolute atomic E-state index is 13.5. The summed E-state index contributed by atoms with van der Waals surface area (Å²) in [6.07, 6.45) is 3.55. The van der Waals surface area contributed by atoms with Crippen LogP contribution >= 0.6 is 0 Å². The van der Waals surface area contributed by atoms with Crippen LogP contribution in [0.5, 0.6) is 0 Å². The van der Waals surface area contributed by atoms with E-state index >= 15 is 0 Å². The first-order chi connectivity index (χ1) is 15.6. The molecule has 1 aromatic rings. The van der Waals surface area contributed by atoms with E-state index in [9.17, 15) is 4.79 Å². The fourth-order valence-corrected chi connectivity index (χ4v) is 6.77. The fraction of sp³-hybridized carbons (Fsp3) is 0.679. The Morgan fingerprint density at radius 2 is 1.82 bits per heavy atom. The molecule has 4 atom stereocenters. The van der Waals surface area contributed by atoms with Crippen LogP contribution in [0, 0.1) is 0 Å². The molecule has 2 saturated heterocycles. The van der Waals surface area contributed by atoms with Gasteiger partial charge in [-0.1, -0.05) is 57.2 Å². The minimum atomic E-state index is -2.00. The standard InChI is InChI=1S/C28H46N2O3Si/c1-11-28-18-17-23(30(28)25(31)32-26(3,4)5)24(21(2)33-34(9,10)27(6,7)8)29(20-28)19-22-15-13-12-14-16-22/h11-16,21,23-24H,1,17-20H2,2-10H3/t21-,23-,24+,28+/m0/s1. The monoisotopic (exact) mass is 486 g/mol. The fourth-order valence-electron chi connectivity index (χ4n) is 5.35. The van der Waals surface area contributed by atoms with Crippen LogP contribution < -0.4 is 0 Å². The summed E-state index contributed by atoms with van der Waals surface area (Å²) in [7, 11) is -2.00. The molecule has 3 rings (SSSR count). The van der Waals surface area contributed by atoms with Crippen molar-refractivity contribution in [1.82, 2.24) is 9.80 Å². The van der Waals surface area contributed by atoms with E-state index in [2.05, 4.69) is 82.6 Å². The Bertz CT molecular complexity index is 874. The molecule has 34 heavy (non-hydrogen) atoms. The molecule has 1 aromatic carbocycles. The lowest BCUT2D eigenvalue weighted by Crippen LogP contribution is -2.69. The van der Waals surface area contributed by atoms with Crippen molar-refractivity contribution < 1.29 is 14.0 Å². The Morgan fingerprint density at radius 1 is 1.21 bits per heavy atom. The summed E-state index contributed by atoms with van der Waals surface area (Å²) in [6.45, 7) is 25.2. The van der Waals surface area contributed by atoms with Crippen LogP contribution in [0.1, 0.15) is 66.9 Å². The number of rotatable bonds is 6. The van der Waals surface area contributed by atoms with Gasteiger partial charge in [-0.3, -0.25) is 9.80 Å². The van der Waals surface area contributed by atoms with Gasteiger partial charge in [-0.15, -0.1) is 6.58 Å². The van der Waals surface area contributed by atoms with Crippen LogP contribution in [0.2, 0.25) is 18.1 Å². The highest BCUT2D eigenvalue weighted by Crippen LogP contribution is 2.46. The van der Waals surface area contributed by atoms with E-state index in [1.54, 1.807) is 0 Å². The van der Waals surface area contributed by atoms with Crippen LogP contribution in [0.15, 0.2) is 43.0 Å². The number of carbonyl (C=O) groups is 1. The number of likely N-dealkylation sites (tertiary alicyclic amines) is 1. The number of hydrogen-bond donors (Lipinski definition) is 0. The molecule has 2 aliphatic rings. The molecule has 1 amide bonds. The van der Waals surface area contributed by atoms with Crippen molar-refractivity contribution in [2.45, 2.75) is 115 Å². The Morgan fingerprint density at radius 3 is 2.35 bits per heavy atom. The van der Waals surface area contributed by atoms with Crippen molar-refractivity contribution >= 4 is 14.4 Å². The predicted molar refractivity (Wildman–Crippen MR) is 142 cm³/mol. The predicted octanol–water partition coefficient (Wildman–Crippen LogP) is 6.61. The van der Waals surface area contributed by atoms with Gasteiger partial charge in [-0.25, -0.2) is 4.79 Å². The third kappa shape index (κ3) is 5.44. The number of ether oxygens (including phenoxy) is 1. The summed E-state index contributed by atoms with van der Waals surface area (Å²) in [4.78, 5) is 18.1. The van der Waals surface area contributed by atoms with Gasteiger partial charge in [-0.05, 0) is 64.2 Å². The first kappa shape index (κ1) is 27.0. The van der Waals surface area contributed by atoms with Crippen LogP contribution in [0.25, 0.3) is 0 Å². The van der Waals surface area contributed by atoms with Gasteiger partial charge in [0.1, 0.15) is 5.60 Å². The number of amides is 1. The molecule has 190 valence electrons. The molecule has 0 radical (unpaired) electrons. The maximum Gasteiger partial charge on any atom is 0.411 e. The average Bonchev–Trinajstić information content (AvgIpc) is 2.97. The summed E-state index contributed by atoms with van der Waals surface area (Å²) < 4.78 is 12.9. The van der Waals surface area contributed by atoms with Gasteiger partial charge in [0.2, 0.25) is 0 Å². The van der Waals surface area contributed by atoms with Crippen LogP contribution in [-0.4, -0.2) is 60.1 Å². The molecule has 0 saturated carbocycles. The maximum atomic E-state index is 13.5. The summed E-state index contributed by atoms with van der Waals surface area (Å²) >= 11 is 0. The summed E-state index contributed by atoms with van der Waals surface area (Å²) in [5.74, 6) is 0. The smallest absolute Gasteiger partial charge is 0.411 e. The average molecular weight is 487 g/mol. The second kappa shape index (κ2) is 9.44. The summed E-state index contributed by atoms with van der Waals surface area (Å²) in [5, 5.41) is 0.117. The summed E-state index contributed by atoms with van der Waals surface area (Å²) in [6, 6.07) is 10.7. The molecule has 5 nitrogen and oxygen atoms in total. The van der Waals surface area contributed by atoms with Gasteiger partial charge < -0.3 is 9.16 Å². The second-order valence-electron chi connectivity index (χ2n) is 12.7. The number of carbonyl (C=O) groups excluding carboxylic acids is 1. The Labute approximate surface area is 208 Å². The van der Waals surface area contributed by atoms with Crippen molar-refractivity contribution in [1.29, 1.82) is 0 Å². The largest absolute Gasteiger partial charge is 0.444 e. The third-order valence-corrected chi connectivity index (χ3v) is 12.5. The molecule has 0 N–H and O–H groups in total. The molecule has 0 aliphatic carbocycles. The summed E-state index contributed by atoms with van der Waals surface area (Å²) in [5.41, 5.74) is 0.310. The lowest BCUT2D eigenvalue weighted by molar-refractivity contribution is -0.0679. The molecular weight excluding hydrogens is 440 g/mol. The molecule has 0 unspecified atom stereocenters. The van der Waals surface area contributed by atoms with E-state index in [-0.39, 0.29) is 29.3 Å². The number of benzene rings is 1. The highest BCUT2D eigenvalue weighted by Gasteiger charge is 2.58. The van der Waals surface area contributed by atoms with E-state index in [0.29, 0.717) is 0 Å². The number of fused-ring (bicyclic) bond motifs is 2. The first-order valence-electron chi connectivity index (χ1n) is 12.7. The van der Waals surface area contributed by atoms with Crippen LogP contribution in [-0.2, 0) is 15.7 Å². The molecule has 0 aromatic heterocycles. The van der Waals surface area contributed by atoms with Crippen molar-refractivity contribution in [3.63, 3.8) is 0 Å². The van der Waals surface area contributed by atoms with Gasteiger partial charge in [0.15, 0.2) is 8.32 Å². The van der Waals surface area contributed by atoms with Crippen molar-refractivity contribution in [3.8, 4) is 0 Å². The minimum Gasteiger partial charge on any atom is -0.444 e. The normalized spacial score (nSPS) is 26.9. The highest BCUT2D eigenvalue weighted by atomic mass is 28.4. The highest BCUT2D eigenvalue weighted by molar-refractivity contribution is 6.74. The molecular formula is C28H46N2O3Si. The Balaban J connectivity index is 2.00. The van der Waals surface area contributed by atoms with E-state index in [4.69, 9.17) is 9.16 Å². The Kier molecular flexibility index (Phi) is 7.48. The van der Waals surface area contributed by atoms with E-state index in [0.717, 1.165) is 25.9 Å². The quantitative estimate of drug-likeness (QED) is 0.335. The number of nitrogens with zero attached hydrogens (tertiary/aromatic N) is 2. The zero-order valence-electron chi connectivity index (χ0n) is 22.9. The van der Waals surface area contributed by atoms with Crippen LogP contribution in [0.4, 0.5) is 4.79 Å². The first-order valence-corrected chi connectivity index (χ1v) is 15.6.